The predicted octanol–water partition coefficient (Wildman–Crippen LogP) is 1.33. The second kappa shape index (κ2) is 9.75. The van der Waals surface area contributed by atoms with E-state index in [1.165, 1.54) is 25.8 Å². The minimum atomic E-state index is -0.219. The highest BCUT2D eigenvalue weighted by atomic mass is 16.2. The van der Waals surface area contributed by atoms with Gasteiger partial charge in [0.1, 0.15) is 6.54 Å². The first-order valence-corrected chi connectivity index (χ1v) is 8.89. The molecule has 0 saturated carbocycles. The van der Waals surface area contributed by atoms with Crippen molar-refractivity contribution < 1.29 is 4.79 Å². The monoisotopic (exact) mass is 325 g/mol. The van der Waals surface area contributed by atoms with E-state index in [9.17, 15) is 4.79 Å². The molecule has 1 unspecified atom stereocenters. The Morgan fingerprint density at radius 1 is 1.26 bits per heavy atom. The van der Waals surface area contributed by atoms with Gasteiger partial charge in [-0.05, 0) is 54.0 Å². The smallest absolute Gasteiger partial charge is 0.242 e. The Hall–Kier alpha value is -1.30. The second-order valence-corrected chi connectivity index (χ2v) is 7.30. The van der Waals surface area contributed by atoms with Crippen LogP contribution in [0, 0.1) is 0 Å². The van der Waals surface area contributed by atoms with E-state index in [0.717, 1.165) is 19.6 Å². The van der Waals surface area contributed by atoms with Crippen molar-refractivity contribution in [1.82, 2.24) is 20.9 Å². The van der Waals surface area contributed by atoms with E-state index in [-0.39, 0.29) is 18.0 Å². The molecule has 1 aliphatic heterocycles. The standard InChI is InChI=1S/C17H35N5O/c1-6-18-16(20-13-15(23)21-17(3,4)5)19-10-12-22-11-8-7-9-14(22)2/h14H,6-13H2,1-5H3,(H,21,23)(H2,18,19,20). The molecule has 1 atom stereocenters. The molecule has 0 spiro atoms. The molecule has 0 radical (unpaired) electrons. The molecule has 1 heterocycles. The van der Waals surface area contributed by atoms with Gasteiger partial charge in [0.2, 0.25) is 5.91 Å². The Labute approximate surface area is 141 Å². The number of likely N-dealkylation sites (tertiary alicyclic amines) is 1. The Morgan fingerprint density at radius 3 is 2.61 bits per heavy atom. The maximum Gasteiger partial charge on any atom is 0.242 e. The number of carbonyl (C=O) groups is 1. The number of hydrogen-bond acceptors (Lipinski definition) is 3. The maximum absolute atomic E-state index is 11.8. The normalized spacial score (nSPS) is 20.2. The Bertz CT molecular complexity index is 389. The molecule has 0 bridgehead atoms. The average Bonchev–Trinajstić information content (AvgIpc) is 2.45. The van der Waals surface area contributed by atoms with Crippen LogP contribution in [-0.4, -0.2) is 61.1 Å². The van der Waals surface area contributed by atoms with Crippen LogP contribution < -0.4 is 16.0 Å². The van der Waals surface area contributed by atoms with Crippen LogP contribution in [0.25, 0.3) is 0 Å². The van der Waals surface area contributed by atoms with Crippen molar-refractivity contribution in [2.45, 2.75) is 65.5 Å². The number of hydrogen-bond donors (Lipinski definition) is 3. The van der Waals surface area contributed by atoms with E-state index >= 15 is 0 Å². The Morgan fingerprint density at radius 2 is 2.00 bits per heavy atom. The second-order valence-electron chi connectivity index (χ2n) is 7.30. The molecule has 0 aliphatic carbocycles. The van der Waals surface area contributed by atoms with E-state index in [1.54, 1.807) is 0 Å². The van der Waals surface area contributed by atoms with Gasteiger partial charge in [-0.25, -0.2) is 4.99 Å². The van der Waals surface area contributed by atoms with Crippen LogP contribution in [0.4, 0.5) is 0 Å². The van der Waals surface area contributed by atoms with Crippen LogP contribution in [0.5, 0.6) is 0 Å². The van der Waals surface area contributed by atoms with Gasteiger partial charge in [0, 0.05) is 31.2 Å². The van der Waals surface area contributed by atoms with Crippen LogP contribution in [0.15, 0.2) is 4.99 Å². The van der Waals surface area contributed by atoms with Gasteiger partial charge in [0.25, 0.3) is 0 Å². The Kier molecular flexibility index (Phi) is 8.37. The summed E-state index contributed by atoms with van der Waals surface area (Å²) in [6.45, 7) is 14.2. The third-order valence-corrected chi connectivity index (χ3v) is 3.87. The van der Waals surface area contributed by atoms with Gasteiger partial charge in [-0.2, -0.15) is 0 Å². The lowest BCUT2D eigenvalue weighted by Gasteiger charge is -2.33. The number of rotatable bonds is 6. The average molecular weight is 326 g/mol. The van der Waals surface area contributed by atoms with Crippen molar-refractivity contribution >= 4 is 11.9 Å². The maximum atomic E-state index is 11.8. The van der Waals surface area contributed by atoms with Crippen molar-refractivity contribution in [2.24, 2.45) is 4.99 Å². The number of carbonyl (C=O) groups excluding carboxylic acids is 1. The molecule has 1 fully saturated rings. The number of guanidine groups is 1. The molecule has 6 nitrogen and oxygen atoms in total. The number of nitrogens with one attached hydrogen (secondary N) is 3. The van der Waals surface area contributed by atoms with Crippen LogP contribution in [-0.2, 0) is 4.79 Å². The predicted molar refractivity (Wildman–Crippen MR) is 96.8 cm³/mol. The summed E-state index contributed by atoms with van der Waals surface area (Å²) in [7, 11) is 0. The summed E-state index contributed by atoms with van der Waals surface area (Å²) in [5.74, 6) is 0.653. The number of aliphatic imine (C=N–C) groups is 1. The van der Waals surface area contributed by atoms with Crippen molar-refractivity contribution in [1.29, 1.82) is 0 Å². The fourth-order valence-electron chi connectivity index (χ4n) is 2.76. The first kappa shape index (κ1) is 19.7. The molecular formula is C17H35N5O. The number of nitrogens with zero attached hydrogens (tertiary/aromatic N) is 2. The van der Waals surface area contributed by atoms with Gasteiger partial charge >= 0.3 is 0 Å². The highest BCUT2D eigenvalue weighted by molar-refractivity contribution is 5.85. The van der Waals surface area contributed by atoms with E-state index < -0.39 is 0 Å². The summed E-state index contributed by atoms with van der Waals surface area (Å²) in [5, 5.41) is 9.43. The van der Waals surface area contributed by atoms with Gasteiger partial charge in [-0.1, -0.05) is 6.42 Å². The van der Waals surface area contributed by atoms with E-state index in [4.69, 9.17) is 0 Å². The van der Waals surface area contributed by atoms with Gasteiger partial charge in [0.15, 0.2) is 5.96 Å². The summed E-state index contributed by atoms with van der Waals surface area (Å²) >= 11 is 0. The highest BCUT2D eigenvalue weighted by Crippen LogP contribution is 2.15. The number of amides is 1. The van der Waals surface area contributed by atoms with Crippen LogP contribution in [0.1, 0.15) is 53.9 Å². The SMILES string of the molecule is CCNC(=NCC(=O)NC(C)(C)C)NCCN1CCCCC1C. The summed E-state index contributed by atoms with van der Waals surface area (Å²) in [5.41, 5.74) is -0.219. The summed E-state index contributed by atoms with van der Waals surface area (Å²) < 4.78 is 0. The molecule has 1 aliphatic rings. The fraction of sp³-hybridized carbons (Fsp3) is 0.882. The van der Waals surface area contributed by atoms with E-state index in [0.29, 0.717) is 12.0 Å². The van der Waals surface area contributed by atoms with Gasteiger partial charge in [-0.3, -0.25) is 9.69 Å². The molecule has 6 heteroatoms. The lowest BCUT2D eigenvalue weighted by Crippen LogP contribution is -2.46. The third-order valence-electron chi connectivity index (χ3n) is 3.87. The van der Waals surface area contributed by atoms with Crippen LogP contribution in [0.3, 0.4) is 0 Å². The molecule has 0 aromatic carbocycles. The minimum Gasteiger partial charge on any atom is -0.357 e. The topological polar surface area (TPSA) is 68.8 Å². The summed E-state index contributed by atoms with van der Waals surface area (Å²) in [6, 6.07) is 0.669. The fourth-order valence-corrected chi connectivity index (χ4v) is 2.76. The van der Waals surface area contributed by atoms with Crippen molar-refractivity contribution in [3.05, 3.63) is 0 Å². The van der Waals surface area contributed by atoms with Gasteiger partial charge in [-0.15, -0.1) is 0 Å². The summed E-state index contributed by atoms with van der Waals surface area (Å²) in [6.07, 6.45) is 3.94. The van der Waals surface area contributed by atoms with E-state index in [2.05, 4.69) is 32.8 Å². The van der Waals surface area contributed by atoms with Crippen molar-refractivity contribution in [3.8, 4) is 0 Å². The van der Waals surface area contributed by atoms with E-state index in [1.807, 2.05) is 27.7 Å². The molecule has 23 heavy (non-hydrogen) atoms. The largest absolute Gasteiger partial charge is 0.357 e. The minimum absolute atomic E-state index is 0.0562. The lowest BCUT2D eigenvalue weighted by molar-refractivity contribution is -0.121. The quantitative estimate of drug-likeness (QED) is 0.509. The van der Waals surface area contributed by atoms with Crippen LogP contribution >= 0.6 is 0 Å². The zero-order chi connectivity index (χ0) is 17.3. The van der Waals surface area contributed by atoms with Crippen LogP contribution in [0.2, 0.25) is 0 Å². The molecule has 134 valence electrons. The third kappa shape index (κ3) is 8.79. The molecule has 1 amide bonds. The van der Waals surface area contributed by atoms with Crippen molar-refractivity contribution in [3.63, 3.8) is 0 Å². The zero-order valence-electron chi connectivity index (χ0n) is 15.5. The zero-order valence-corrected chi connectivity index (χ0v) is 15.5. The molecule has 0 aromatic rings. The molecular weight excluding hydrogens is 290 g/mol. The highest BCUT2D eigenvalue weighted by Gasteiger charge is 2.17. The van der Waals surface area contributed by atoms with Gasteiger partial charge in [0.05, 0.1) is 0 Å². The molecule has 1 saturated heterocycles. The summed E-state index contributed by atoms with van der Waals surface area (Å²) in [4.78, 5) is 18.7. The first-order valence-electron chi connectivity index (χ1n) is 8.89. The molecule has 0 aromatic heterocycles. The first-order chi connectivity index (χ1) is 10.8. The molecule has 1 rings (SSSR count). The lowest BCUT2D eigenvalue weighted by atomic mass is 10.0. The van der Waals surface area contributed by atoms with Crippen molar-refractivity contribution in [2.75, 3.05) is 32.7 Å². The molecule has 3 N–H and O–H groups in total. The number of piperidine rings is 1. The Balaban J connectivity index is 2.38. The van der Waals surface area contributed by atoms with Gasteiger partial charge < -0.3 is 16.0 Å².